The van der Waals surface area contributed by atoms with Crippen molar-refractivity contribution in [3.8, 4) is 5.75 Å². The molecule has 72 valence electrons. The van der Waals surface area contributed by atoms with Crippen molar-refractivity contribution in [2.75, 3.05) is 7.11 Å². The SMILES string of the molecule is COc1c(Cl)ccc(F)c1C(C)N. The number of halogens is 2. The molecule has 0 aromatic heterocycles. The first-order valence-corrected chi connectivity index (χ1v) is 4.23. The van der Waals surface area contributed by atoms with Crippen LogP contribution in [-0.2, 0) is 0 Å². The molecule has 2 nitrogen and oxygen atoms in total. The van der Waals surface area contributed by atoms with Crippen LogP contribution >= 0.6 is 11.6 Å². The summed E-state index contributed by atoms with van der Waals surface area (Å²) in [7, 11) is 1.44. The van der Waals surface area contributed by atoms with Crippen LogP contribution in [0.2, 0.25) is 5.02 Å². The van der Waals surface area contributed by atoms with Crippen LogP contribution in [0, 0.1) is 5.82 Å². The molecule has 0 aliphatic rings. The van der Waals surface area contributed by atoms with Gasteiger partial charge in [0, 0.05) is 11.6 Å². The van der Waals surface area contributed by atoms with Gasteiger partial charge in [-0.1, -0.05) is 11.6 Å². The molecule has 0 saturated heterocycles. The fourth-order valence-electron chi connectivity index (χ4n) is 1.18. The average molecular weight is 204 g/mol. The number of methoxy groups -OCH3 is 1. The van der Waals surface area contributed by atoms with E-state index in [2.05, 4.69) is 0 Å². The van der Waals surface area contributed by atoms with Crippen molar-refractivity contribution < 1.29 is 9.13 Å². The van der Waals surface area contributed by atoms with Crippen molar-refractivity contribution in [2.24, 2.45) is 5.73 Å². The number of hydrogen-bond acceptors (Lipinski definition) is 2. The van der Waals surface area contributed by atoms with Crippen LogP contribution in [0.4, 0.5) is 4.39 Å². The zero-order valence-electron chi connectivity index (χ0n) is 7.47. The van der Waals surface area contributed by atoms with Crippen LogP contribution in [0.3, 0.4) is 0 Å². The molecule has 13 heavy (non-hydrogen) atoms. The highest BCUT2D eigenvalue weighted by molar-refractivity contribution is 6.32. The van der Waals surface area contributed by atoms with Crippen molar-refractivity contribution in [1.29, 1.82) is 0 Å². The fourth-order valence-corrected chi connectivity index (χ4v) is 1.42. The van der Waals surface area contributed by atoms with Gasteiger partial charge in [-0.25, -0.2) is 4.39 Å². The van der Waals surface area contributed by atoms with Gasteiger partial charge in [0.2, 0.25) is 0 Å². The Labute approximate surface area is 81.4 Å². The summed E-state index contributed by atoms with van der Waals surface area (Å²) in [5.74, 6) is -0.0760. The molecule has 0 heterocycles. The van der Waals surface area contributed by atoms with Gasteiger partial charge in [-0.15, -0.1) is 0 Å². The molecule has 0 bridgehead atoms. The second kappa shape index (κ2) is 3.94. The summed E-state index contributed by atoms with van der Waals surface area (Å²) in [4.78, 5) is 0. The first kappa shape index (κ1) is 10.3. The quantitative estimate of drug-likeness (QED) is 0.802. The predicted molar refractivity (Wildman–Crippen MR) is 50.6 cm³/mol. The number of rotatable bonds is 2. The molecule has 0 spiro atoms. The van der Waals surface area contributed by atoms with Crippen molar-refractivity contribution in [2.45, 2.75) is 13.0 Å². The van der Waals surface area contributed by atoms with E-state index in [0.717, 1.165) is 0 Å². The summed E-state index contributed by atoms with van der Waals surface area (Å²) < 4.78 is 18.2. The Morgan fingerprint density at radius 1 is 1.54 bits per heavy atom. The summed E-state index contributed by atoms with van der Waals surface area (Å²) in [5.41, 5.74) is 5.90. The number of benzene rings is 1. The van der Waals surface area contributed by atoms with E-state index in [4.69, 9.17) is 22.1 Å². The van der Waals surface area contributed by atoms with Crippen molar-refractivity contribution in [3.63, 3.8) is 0 Å². The molecule has 0 aliphatic carbocycles. The van der Waals surface area contributed by atoms with Crippen LogP contribution in [0.15, 0.2) is 12.1 Å². The minimum absolute atomic E-state index is 0.315. The lowest BCUT2D eigenvalue weighted by molar-refractivity contribution is 0.401. The lowest BCUT2D eigenvalue weighted by Gasteiger charge is -2.13. The van der Waals surface area contributed by atoms with E-state index in [-0.39, 0.29) is 0 Å². The van der Waals surface area contributed by atoms with E-state index >= 15 is 0 Å². The van der Waals surface area contributed by atoms with E-state index in [0.29, 0.717) is 16.3 Å². The van der Waals surface area contributed by atoms with Crippen LogP contribution in [-0.4, -0.2) is 7.11 Å². The Kier molecular flexibility index (Phi) is 3.12. The van der Waals surface area contributed by atoms with Gasteiger partial charge in [0.1, 0.15) is 11.6 Å². The monoisotopic (exact) mass is 203 g/mol. The minimum atomic E-state index is -0.436. The zero-order valence-corrected chi connectivity index (χ0v) is 8.23. The lowest BCUT2D eigenvalue weighted by Crippen LogP contribution is -2.09. The third kappa shape index (κ3) is 1.92. The second-order valence-corrected chi connectivity index (χ2v) is 3.17. The van der Waals surface area contributed by atoms with Crippen molar-refractivity contribution in [3.05, 3.63) is 28.5 Å². The largest absolute Gasteiger partial charge is 0.495 e. The Bertz CT molecular complexity index is 315. The maximum atomic E-state index is 13.2. The molecule has 0 aliphatic heterocycles. The maximum Gasteiger partial charge on any atom is 0.145 e. The van der Waals surface area contributed by atoms with Gasteiger partial charge >= 0.3 is 0 Å². The summed E-state index contributed by atoms with van der Waals surface area (Å²) in [5, 5.41) is 0.371. The van der Waals surface area contributed by atoms with Gasteiger partial charge in [-0.05, 0) is 19.1 Å². The summed E-state index contributed by atoms with van der Waals surface area (Å²) in [6.45, 7) is 1.68. The predicted octanol–water partition coefficient (Wildman–Crippen LogP) is 2.51. The summed E-state index contributed by atoms with van der Waals surface area (Å²) >= 11 is 5.80. The highest BCUT2D eigenvalue weighted by atomic mass is 35.5. The third-order valence-corrected chi connectivity index (χ3v) is 2.05. The summed E-state index contributed by atoms with van der Waals surface area (Å²) in [6, 6.07) is 2.29. The molecular formula is C9H11ClFNO. The first-order chi connectivity index (χ1) is 6.07. The molecule has 0 radical (unpaired) electrons. The highest BCUT2D eigenvalue weighted by Crippen LogP contribution is 2.33. The van der Waals surface area contributed by atoms with Gasteiger partial charge in [0.05, 0.1) is 12.1 Å². The van der Waals surface area contributed by atoms with Gasteiger partial charge in [-0.2, -0.15) is 0 Å². The van der Waals surface area contributed by atoms with Crippen LogP contribution in [0.25, 0.3) is 0 Å². The van der Waals surface area contributed by atoms with Gasteiger partial charge in [0.25, 0.3) is 0 Å². The molecule has 0 fully saturated rings. The summed E-state index contributed by atoms with van der Waals surface area (Å²) in [6.07, 6.45) is 0. The topological polar surface area (TPSA) is 35.2 Å². The Balaban J connectivity index is 3.35. The Morgan fingerprint density at radius 3 is 2.54 bits per heavy atom. The molecule has 4 heteroatoms. The van der Waals surface area contributed by atoms with E-state index in [1.54, 1.807) is 6.92 Å². The molecular weight excluding hydrogens is 193 g/mol. The number of nitrogens with two attached hydrogens (primary N) is 1. The highest BCUT2D eigenvalue weighted by Gasteiger charge is 2.16. The molecule has 1 rings (SSSR count). The van der Waals surface area contributed by atoms with Gasteiger partial charge in [0.15, 0.2) is 0 Å². The van der Waals surface area contributed by atoms with E-state index < -0.39 is 11.9 Å². The zero-order chi connectivity index (χ0) is 10.0. The number of ether oxygens (including phenoxy) is 1. The average Bonchev–Trinajstić information content (AvgIpc) is 2.07. The van der Waals surface area contributed by atoms with Crippen molar-refractivity contribution in [1.82, 2.24) is 0 Å². The van der Waals surface area contributed by atoms with Gasteiger partial charge < -0.3 is 10.5 Å². The molecule has 2 N–H and O–H groups in total. The minimum Gasteiger partial charge on any atom is -0.495 e. The maximum absolute atomic E-state index is 13.2. The molecule has 0 amide bonds. The third-order valence-electron chi connectivity index (χ3n) is 1.75. The molecule has 1 unspecified atom stereocenters. The van der Waals surface area contributed by atoms with Crippen LogP contribution < -0.4 is 10.5 Å². The molecule has 0 saturated carbocycles. The Morgan fingerprint density at radius 2 is 2.15 bits per heavy atom. The molecule has 1 aromatic carbocycles. The van der Waals surface area contributed by atoms with E-state index in [9.17, 15) is 4.39 Å². The molecule has 1 aromatic rings. The second-order valence-electron chi connectivity index (χ2n) is 2.76. The van der Waals surface area contributed by atoms with Crippen LogP contribution in [0.5, 0.6) is 5.75 Å². The fraction of sp³-hybridized carbons (Fsp3) is 0.333. The van der Waals surface area contributed by atoms with Gasteiger partial charge in [-0.3, -0.25) is 0 Å². The van der Waals surface area contributed by atoms with Crippen LogP contribution in [0.1, 0.15) is 18.5 Å². The smallest absolute Gasteiger partial charge is 0.145 e. The first-order valence-electron chi connectivity index (χ1n) is 3.85. The normalized spacial score (nSPS) is 12.7. The number of hydrogen-bond donors (Lipinski definition) is 1. The standard InChI is InChI=1S/C9H11ClFNO/c1-5(12)8-7(11)4-3-6(10)9(8)13-2/h3-5H,12H2,1-2H3. The van der Waals surface area contributed by atoms with E-state index in [1.807, 2.05) is 0 Å². The Hall–Kier alpha value is -0.800. The lowest BCUT2D eigenvalue weighted by atomic mass is 10.1. The molecule has 1 atom stereocenters. The van der Waals surface area contributed by atoms with Crippen molar-refractivity contribution >= 4 is 11.6 Å². The van der Waals surface area contributed by atoms with E-state index in [1.165, 1.54) is 19.2 Å².